The number of carbonyl (C=O) groups is 2. The molecule has 0 spiro atoms. The van der Waals surface area contributed by atoms with Crippen LogP contribution in [0, 0.1) is 0 Å². The van der Waals surface area contributed by atoms with E-state index in [1.807, 2.05) is 0 Å². The molecule has 0 unspecified atom stereocenters. The van der Waals surface area contributed by atoms with Gasteiger partial charge in [0.2, 0.25) is 5.91 Å². The molecule has 4 heteroatoms. The van der Waals surface area contributed by atoms with Gasteiger partial charge in [0.15, 0.2) is 0 Å². The summed E-state index contributed by atoms with van der Waals surface area (Å²) in [5.74, 6) is -1.33. The Labute approximate surface area is 90.4 Å². The molecule has 0 radical (unpaired) electrons. The number of aliphatic carboxylic acids is 1. The highest BCUT2D eigenvalue weighted by molar-refractivity contribution is 6.01. The SMILES string of the molecule is CCCCCNC(=O)C(C)=C(C)C(=O)O. The zero-order valence-electron chi connectivity index (χ0n) is 9.59. The third kappa shape index (κ3) is 5.20. The summed E-state index contributed by atoms with van der Waals surface area (Å²) in [5, 5.41) is 11.4. The zero-order valence-corrected chi connectivity index (χ0v) is 9.59. The number of hydrogen-bond acceptors (Lipinski definition) is 2. The standard InChI is InChI=1S/C11H19NO3/c1-4-5-6-7-12-10(13)8(2)9(3)11(14)15/h4-7H2,1-3H3,(H,12,13)(H,14,15). The fourth-order valence-electron chi connectivity index (χ4n) is 1.04. The Morgan fingerprint density at radius 3 is 2.20 bits per heavy atom. The molecular weight excluding hydrogens is 194 g/mol. The van der Waals surface area contributed by atoms with Gasteiger partial charge in [0.25, 0.3) is 0 Å². The molecule has 0 aliphatic rings. The Balaban J connectivity index is 4.11. The van der Waals surface area contributed by atoms with Crippen LogP contribution < -0.4 is 5.32 Å². The Kier molecular flexibility index (Phi) is 6.42. The normalized spacial score (nSPS) is 11.9. The molecule has 1 amide bonds. The summed E-state index contributed by atoms with van der Waals surface area (Å²) in [6, 6.07) is 0. The summed E-state index contributed by atoms with van der Waals surface area (Å²) in [6.45, 7) is 5.65. The summed E-state index contributed by atoms with van der Waals surface area (Å²) < 4.78 is 0. The first-order valence-electron chi connectivity index (χ1n) is 5.19. The number of rotatable bonds is 6. The Bertz CT molecular complexity index is 269. The molecule has 0 aliphatic carbocycles. The maximum atomic E-state index is 11.4. The van der Waals surface area contributed by atoms with Gasteiger partial charge in [-0.1, -0.05) is 19.8 Å². The predicted molar refractivity (Wildman–Crippen MR) is 58.5 cm³/mol. The molecule has 0 aliphatic heterocycles. The fourth-order valence-corrected chi connectivity index (χ4v) is 1.04. The van der Waals surface area contributed by atoms with Gasteiger partial charge in [-0.3, -0.25) is 4.79 Å². The van der Waals surface area contributed by atoms with E-state index in [0.29, 0.717) is 6.54 Å². The van der Waals surface area contributed by atoms with Gasteiger partial charge in [-0.25, -0.2) is 4.79 Å². The van der Waals surface area contributed by atoms with Gasteiger partial charge in [0.05, 0.1) is 0 Å². The second-order valence-corrected chi connectivity index (χ2v) is 3.52. The molecule has 15 heavy (non-hydrogen) atoms. The van der Waals surface area contributed by atoms with Crippen LogP contribution in [0.15, 0.2) is 11.1 Å². The van der Waals surface area contributed by atoms with E-state index in [2.05, 4.69) is 12.2 Å². The first kappa shape index (κ1) is 13.7. The molecule has 86 valence electrons. The molecule has 0 saturated carbocycles. The number of carboxylic acid groups (broad SMARTS) is 1. The van der Waals surface area contributed by atoms with Crippen LogP contribution in [0.25, 0.3) is 0 Å². The molecule has 0 fully saturated rings. The van der Waals surface area contributed by atoms with Crippen LogP contribution in [0.1, 0.15) is 40.0 Å². The molecule has 0 bridgehead atoms. The van der Waals surface area contributed by atoms with Gasteiger partial charge in [-0.05, 0) is 20.3 Å². The fraction of sp³-hybridized carbons (Fsp3) is 0.636. The topological polar surface area (TPSA) is 66.4 Å². The third-order valence-corrected chi connectivity index (χ3v) is 2.29. The molecule has 0 heterocycles. The number of hydrogen-bond donors (Lipinski definition) is 2. The average molecular weight is 213 g/mol. The van der Waals surface area contributed by atoms with Crippen molar-refractivity contribution >= 4 is 11.9 Å². The van der Waals surface area contributed by atoms with Crippen molar-refractivity contribution in [3.63, 3.8) is 0 Å². The van der Waals surface area contributed by atoms with Crippen molar-refractivity contribution in [1.29, 1.82) is 0 Å². The largest absolute Gasteiger partial charge is 0.478 e. The van der Waals surface area contributed by atoms with Gasteiger partial charge >= 0.3 is 5.97 Å². The predicted octanol–water partition coefficient (Wildman–Crippen LogP) is 1.71. The number of nitrogens with one attached hydrogen (secondary N) is 1. The van der Waals surface area contributed by atoms with Crippen molar-refractivity contribution in [3.05, 3.63) is 11.1 Å². The van der Waals surface area contributed by atoms with Crippen molar-refractivity contribution in [3.8, 4) is 0 Å². The highest BCUT2D eigenvalue weighted by atomic mass is 16.4. The summed E-state index contributed by atoms with van der Waals surface area (Å²) >= 11 is 0. The van der Waals surface area contributed by atoms with E-state index >= 15 is 0 Å². The lowest BCUT2D eigenvalue weighted by Gasteiger charge is -2.06. The average Bonchev–Trinajstić information content (AvgIpc) is 2.21. The number of amides is 1. The summed E-state index contributed by atoms with van der Waals surface area (Å²) in [4.78, 5) is 22.0. The molecule has 0 aromatic heterocycles. The van der Waals surface area contributed by atoms with Crippen molar-refractivity contribution in [2.24, 2.45) is 0 Å². The maximum absolute atomic E-state index is 11.4. The van der Waals surface area contributed by atoms with E-state index < -0.39 is 5.97 Å². The van der Waals surface area contributed by atoms with E-state index in [4.69, 9.17) is 5.11 Å². The van der Waals surface area contributed by atoms with Crippen LogP contribution in [-0.4, -0.2) is 23.5 Å². The number of carboxylic acids is 1. The van der Waals surface area contributed by atoms with Crippen molar-refractivity contribution < 1.29 is 14.7 Å². The molecule has 4 nitrogen and oxygen atoms in total. The first-order chi connectivity index (χ1) is 7.00. The minimum Gasteiger partial charge on any atom is -0.478 e. The Morgan fingerprint density at radius 2 is 1.73 bits per heavy atom. The molecule has 0 atom stereocenters. The molecule has 2 N–H and O–H groups in total. The van der Waals surface area contributed by atoms with E-state index in [1.165, 1.54) is 13.8 Å². The lowest BCUT2D eigenvalue weighted by atomic mass is 10.1. The molecule has 0 saturated heterocycles. The lowest BCUT2D eigenvalue weighted by molar-refractivity contribution is -0.133. The molecule has 0 aromatic carbocycles. The summed E-state index contributed by atoms with van der Waals surface area (Å²) in [5.41, 5.74) is 0.377. The highest BCUT2D eigenvalue weighted by Gasteiger charge is 2.11. The second-order valence-electron chi connectivity index (χ2n) is 3.52. The van der Waals surface area contributed by atoms with Crippen LogP contribution >= 0.6 is 0 Å². The van der Waals surface area contributed by atoms with Gasteiger partial charge < -0.3 is 10.4 Å². The van der Waals surface area contributed by atoms with Crippen LogP contribution in [0.4, 0.5) is 0 Å². The van der Waals surface area contributed by atoms with Gasteiger partial charge in [-0.2, -0.15) is 0 Å². The first-order valence-corrected chi connectivity index (χ1v) is 5.19. The minimum absolute atomic E-state index is 0.1000. The number of carbonyl (C=O) groups excluding carboxylic acids is 1. The van der Waals surface area contributed by atoms with Crippen LogP contribution in [0.5, 0.6) is 0 Å². The smallest absolute Gasteiger partial charge is 0.331 e. The Hall–Kier alpha value is -1.32. The van der Waals surface area contributed by atoms with Crippen LogP contribution in [0.3, 0.4) is 0 Å². The van der Waals surface area contributed by atoms with E-state index in [-0.39, 0.29) is 17.1 Å². The van der Waals surface area contributed by atoms with Crippen molar-refractivity contribution in [2.45, 2.75) is 40.0 Å². The monoisotopic (exact) mass is 213 g/mol. The Morgan fingerprint density at radius 1 is 1.13 bits per heavy atom. The van der Waals surface area contributed by atoms with Crippen LogP contribution in [-0.2, 0) is 9.59 Å². The number of unbranched alkanes of at least 4 members (excludes halogenated alkanes) is 2. The van der Waals surface area contributed by atoms with Gasteiger partial charge in [0.1, 0.15) is 0 Å². The molecule has 0 rings (SSSR count). The summed E-state index contributed by atoms with van der Waals surface area (Å²) in [6.07, 6.45) is 3.10. The van der Waals surface area contributed by atoms with Gasteiger partial charge in [0, 0.05) is 17.7 Å². The van der Waals surface area contributed by atoms with E-state index in [1.54, 1.807) is 0 Å². The quantitative estimate of drug-likeness (QED) is 0.521. The lowest BCUT2D eigenvalue weighted by Crippen LogP contribution is -2.26. The van der Waals surface area contributed by atoms with Crippen molar-refractivity contribution in [2.75, 3.05) is 6.54 Å². The highest BCUT2D eigenvalue weighted by Crippen LogP contribution is 2.03. The molecular formula is C11H19NO3. The van der Waals surface area contributed by atoms with Gasteiger partial charge in [-0.15, -0.1) is 0 Å². The molecule has 0 aromatic rings. The van der Waals surface area contributed by atoms with E-state index in [9.17, 15) is 9.59 Å². The third-order valence-electron chi connectivity index (χ3n) is 2.29. The van der Waals surface area contributed by atoms with Crippen molar-refractivity contribution in [1.82, 2.24) is 5.32 Å². The summed E-state index contributed by atoms with van der Waals surface area (Å²) in [7, 11) is 0. The van der Waals surface area contributed by atoms with E-state index in [0.717, 1.165) is 19.3 Å². The zero-order chi connectivity index (χ0) is 11.8. The second kappa shape index (κ2) is 7.04. The maximum Gasteiger partial charge on any atom is 0.331 e. The van der Waals surface area contributed by atoms with Crippen LogP contribution in [0.2, 0.25) is 0 Å². The minimum atomic E-state index is -1.05.